The zero-order chi connectivity index (χ0) is 12.8. The van der Waals surface area contributed by atoms with E-state index < -0.39 is 0 Å². The molecule has 18 heavy (non-hydrogen) atoms. The minimum atomic E-state index is 0.305. The second-order valence-electron chi connectivity index (χ2n) is 5.70. The summed E-state index contributed by atoms with van der Waals surface area (Å²) < 4.78 is 0. The van der Waals surface area contributed by atoms with Crippen molar-refractivity contribution < 1.29 is 4.79 Å². The van der Waals surface area contributed by atoms with Crippen LogP contribution in [-0.2, 0) is 4.79 Å². The molecule has 2 rings (SSSR count). The van der Waals surface area contributed by atoms with Crippen LogP contribution in [-0.4, -0.2) is 43.0 Å². The molecule has 0 radical (unpaired) electrons. The molecule has 104 valence electrons. The molecule has 0 aromatic carbocycles. The molecule has 0 aromatic rings. The van der Waals surface area contributed by atoms with E-state index in [1.165, 1.54) is 19.3 Å². The lowest BCUT2D eigenvalue weighted by Crippen LogP contribution is -2.47. The minimum absolute atomic E-state index is 0.305. The zero-order valence-corrected chi connectivity index (χ0v) is 11.4. The van der Waals surface area contributed by atoms with Gasteiger partial charge in [0.25, 0.3) is 0 Å². The van der Waals surface area contributed by atoms with E-state index in [4.69, 9.17) is 5.73 Å². The summed E-state index contributed by atoms with van der Waals surface area (Å²) in [5, 5.41) is 3.37. The van der Waals surface area contributed by atoms with Crippen LogP contribution in [0.3, 0.4) is 0 Å². The van der Waals surface area contributed by atoms with Gasteiger partial charge in [-0.25, -0.2) is 0 Å². The molecule has 0 bridgehead atoms. The molecule has 4 nitrogen and oxygen atoms in total. The van der Waals surface area contributed by atoms with E-state index in [-0.39, 0.29) is 0 Å². The third-order valence-electron chi connectivity index (χ3n) is 4.44. The first kappa shape index (κ1) is 13.8. The van der Waals surface area contributed by atoms with E-state index >= 15 is 0 Å². The number of rotatable bonds is 4. The molecule has 0 saturated carbocycles. The van der Waals surface area contributed by atoms with Crippen LogP contribution >= 0.6 is 0 Å². The van der Waals surface area contributed by atoms with E-state index in [9.17, 15) is 4.79 Å². The van der Waals surface area contributed by atoms with E-state index in [1.807, 2.05) is 4.90 Å². The Balaban J connectivity index is 1.75. The summed E-state index contributed by atoms with van der Waals surface area (Å²) in [6.07, 6.45) is 7.71. The normalized spacial score (nSPS) is 26.3. The molecule has 0 aliphatic carbocycles. The van der Waals surface area contributed by atoms with Crippen LogP contribution in [0.5, 0.6) is 0 Å². The van der Waals surface area contributed by atoms with Crippen molar-refractivity contribution in [1.82, 2.24) is 10.2 Å². The number of nitrogens with one attached hydrogen (secondary N) is 1. The molecule has 2 fully saturated rings. The highest BCUT2D eigenvalue weighted by Crippen LogP contribution is 2.21. The number of nitrogens with zero attached hydrogens (tertiary/aromatic N) is 1. The molecule has 1 atom stereocenters. The molecular weight excluding hydrogens is 226 g/mol. The van der Waals surface area contributed by atoms with Crippen molar-refractivity contribution in [3.63, 3.8) is 0 Å². The van der Waals surface area contributed by atoms with Gasteiger partial charge in [-0.1, -0.05) is 0 Å². The van der Waals surface area contributed by atoms with E-state index in [2.05, 4.69) is 5.32 Å². The summed E-state index contributed by atoms with van der Waals surface area (Å²) in [6.45, 7) is 3.79. The van der Waals surface area contributed by atoms with Gasteiger partial charge in [0.05, 0.1) is 0 Å². The summed E-state index contributed by atoms with van der Waals surface area (Å²) in [5.41, 5.74) is 5.77. The standard InChI is InChI=1S/C14H27N3O/c15-11-13-3-1-2-10-17(13)14(18)5-4-12-6-8-16-9-7-12/h12-13,16H,1-11,15H2. The second-order valence-corrected chi connectivity index (χ2v) is 5.70. The van der Waals surface area contributed by atoms with Crippen molar-refractivity contribution in [3.05, 3.63) is 0 Å². The van der Waals surface area contributed by atoms with Crippen molar-refractivity contribution in [2.45, 2.75) is 51.0 Å². The van der Waals surface area contributed by atoms with Gasteiger partial charge in [-0.05, 0) is 57.5 Å². The zero-order valence-electron chi connectivity index (χ0n) is 11.4. The number of nitrogens with two attached hydrogens (primary N) is 1. The van der Waals surface area contributed by atoms with Gasteiger partial charge in [-0.3, -0.25) is 4.79 Å². The predicted molar refractivity (Wildman–Crippen MR) is 73.2 cm³/mol. The number of carbonyl (C=O) groups is 1. The van der Waals surface area contributed by atoms with Crippen LogP contribution in [0.25, 0.3) is 0 Å². The minimum Gasteiger partial charge on any atom is -0.338 e. The number of hydrogen-bond acceptors (Lipinski definition) is 3. The number of piperidine rings is 2. The van der Waals surface area contributed by atoms with Gasteiger partial charge >= 0.3 is 0 Å². The third-order valence-corrected chi connectivity index (χ3v) is 4.44. The number of likely N-dealkylation sites (tertiary alicyclic amines) is 1. The molecule has 2 heterocycles. The van der Waals surface area contributed by atoms with E-state index in [0.717, 1.165) is 51.2 Å². The highest BCUT2D eigenvalue weighted by Gasteiger charge is 2.25. The molecule has 0 spiro atoms. The van der Waals surface area contributed by atoms with Crippen LogP contribution in [0.15, 0.2) is 0 Å². The summed E-state index contributed by atoms with van der Waals surface area (Å²) >= 11 is 0. The monoisotopic (exact) mass is 253 g/mol. The summed E-state index contributed by atoms with van der Waals surface area (Å²) in [6, 6.07) is 0.305. The molecule has 0 aromatic heterocycles. The summed E-state index contributed by atoms with van der Waals surface area (Å²) in [5.74, 6) is 1.08. The Bertz CT molecular complexity index is 264. The fourth-order valence-electron chi connectivity index (χ4n) is 3.22. The lowest BCUT2D eigenvalue weighted by molar-refractivity contribution is -0.135. The van der Waals surface area contributed by atoms with Gasteiger partial charge in [-0.15, -0.1) is 0 Å². The Morgan fingerprint density at radius 1 is 1.22 bits per heavy atom. The molecule has 1 unspecified atom stereocenters. The van der Waals surface area contributed by atoms with E-state index in [1.54, 1.807) is 0 Å². The van der Waals surface area contributed by atoms with E-state index in [0.29, 0.717) is 18.5 Å². The molecule has 2 saturated heterocycles. The Kier molecular flexibility index (Phi) is 5.45. The topological polar surface area (TPSA) is 58.4 Å². The fourth-order valence-corrected chi connectivity index (χ4v) is 3.22. The molecule has 4 heteroatoms. The van der Waals surface area contributed by atoms with Crippen molar-refractivity contribution in [1.29, 1.82) is 0 Å². The summed E-state index contributed by atoms with van der Waals surface area (Å²) in [4.78, 5) is 14.3. The maximum atomic E-state index is 12.3. The Hall–Kier alpha value is -0.610. The number of hydrogen-bond donors (Lipinski definition) is 2. The SMILES string of the molecule is NCC1CCCCN1C(=O)CCC1CCNCC1. The molecule has 3 N–H and O–H groups in total. The Morgan fingerprint density at radius 2 is 2.00 bits per heavy atom. The van der Waals surface area contributed by atoms with Gasteiger partial charge in [0.2, 0.25) is 5.91 Å². The average molecular weight is 253 g/mol. The van der Waals surface area contributed by atoms with Crippen molar-refractivity contribution in [3.8, 4) is 0 Å². The predicted octanol–water partition coefficient (Wildman–Crippen LogP) is 1.11. The van der Waals surface area contributed by atoms with Gasteiger partial charge in [0.1, 0.15) is 0 Å². The van der Waals surface area contributed by atoms with Gasteiger partial charge in [0, 0.05) is 25.6 Å². The first-order valence-corrected chi connectivity index (χ1v) is 7.51. The van der Waals surface area contributed by atoms with Crippen LogP contribution in [0.4, 0.5) is 0 Å². The van der Waals surface area contributed by atoms with Crippen molar-refractivity contribution in [2.24, 2.45) is 11.7 Å². The molecule has 2 aliphatic heterocycles. The average Bonchev–Trinajstić information content (AvgIpc) is 2.45. The largest absolute Gasteiger partial charge is 0.338 e. The lowest BCUT2D eigenvalue weighted by atomic mass is 9.92. The van der Waals surface area contributed by atoms with Crippen LogP contribution in [0, 0.1) is 5.92 Å². The first-order chi connectivity index (χ1) is 8.81. The van der Waals surface area contributed by atoms with Crippen LogP contribution < -0.4 is 11.1 Å². The fraction of sp³-hybridized carbons (Fsp3) is 0.929. The summed E-state index contributed by atoms with van der Waals surface area (Å²) in [7, 11) is 0. The number of amides is 1. The first-order valence-electron chi connectivity index (χ1n) is 7.51. The van der Waals surface area contributed by atoms with Gasteiger partial charge < -0.3 is 16.0 Å². The molecular formula is C14H27N3O. The van der Waals surface area contributed by atoms with Gasteiger partial charge in [0.15, 0.2) is 0 Å². The third kappa shape index (κ3) is 3.69. The highest BCUT2D eigenvalue weighted by molar-refractivity contribution is 5.76. The number of carbonyl (C=O) groups excluding carboxylic acids is 1. The quantitative estimate of drug-likeness (QED) is 0.789. The van der Waals surface area contributed by atoms with Gasteiger partial charge in [-0.2, -0.15) is 0 Å². The molecule has 1 amide bonds. The van der Waals surface area contributed by atoms with Crippen LogP contribution in [0.2, 0.25) is 0 Å². The smallest absolute Gasteiger partial charge is 0.222 e. The maximum Gasteiger partial charge on any atom is 0.222 e. The van der Waals surface area contributed by atoms with Crippen LogP contribution in [0.1, 0.15) is 44.9 Å². The van der Waals surface area contributed by atoms with Crippen molar-refractivity contribution >= 4 is 5.91 Å². The van der Waals surface area contributed by atoms with Crippen molar-refractivity contribution in [2.75, 3.05) is 26.2 Å². The maximum absolute atomic E-state index is 12.3. The Morgan fingerprint density at radius 3 is 2.72 bits per heavy atom. The highest BCUT2D eigenvalue weighted by atomic mass is 16.2. The Labute approximate surface area is 110 Å². The second kappa shape index (κ2) is 7.10. The lowest BCUT2D eigenvalue weighted by Gasteiger charge is -2.35. The molecule has 2 aliphatic rings.